The number of hydrogen-bond donors (Lipinski definition) is 1. The third-order valence-corrected chi connectivity index (χ3v) is 6.59. The highest BCUT2D eigenvalue weighted by atomic mass is 35.5. The Morgan fingerprint density at radius 1 is 1.32 bits per heavy atom. The molecule has 7 nitrogen and oxygen atoms in total. The van der Waals surface area contributed by atoms with Crippen LogP contribution in [-0.2, 0) is 29.4 Å². The Kier molecular flexibility index (Phi) is 5.98. The van der Waals surface area contributed by atoms with Crippen molar-refractivity contribution < 1.29 is 23.8 Å². The van der Waals surface area contributed by atoms with Crippen molar-refractivity contribution in [1.82, 2.24) is 4.98 Å². The van der Waals surface area contributed by atoms with Gasteiger partial charge in [-0.1, -0.05) is 37.6 Å². The highest BCUT2D eigenvalue weighted by Gasteiger charge is 2.65. The van der Waals surface area contributed by atoms with Gasteiger partial charge in [0.15, 0.2) is 16.1 Å². The Labute approximate surface area is 190 Å². The number of aromatic nitrogens is 1. The molecule has 1 aromatic carbocycles. The number of ether oxygens (including phenoxy) is 3. The van der Waals surface area contributed by atoms with Crippen molar-refractivity contribution in [1.29, 1.82) is 0 Å². The van der Waals surface area contributed by atoms with Gasteiger partial charge in [-0.05, 0) is 25.0 Å². The molecule has 2 saturated heterocycles. The number of nitrogens with zero attached hydrogens (tertiary/aromatic N) is 1. The lowest BCUT2D eigenvalue weighted by atomic mass is 9.78. The molecule has 1 aromatic heterocycles. The van der Waals surface area contributed by atoms with E-state index in [0.29, 0.717) is 28.4 Å². The van der Waals surface area contributed by atoms with E-state index < -0.39 is 29.1 Å². The first kappa shape index (κ1) is 22.0. The van der Waals surface area contributed by atoms with Gasteiger partial charge in [0, 0.05) is 24.8 Å². The van der Waals surface area contributed by atoms with Crippen LogP contribution < -0.4 is 5.32 Å². The summed E-state index contributed by atoms with van der Waals surface area (Å²) < 4.78 is 16.8. The molecule has 2 aromatic rings. The van der Waals surface area contributed by atoms with Crippen molar-refractivity contribution in [3.8, 4) is 0 Å². The van der Waals surface area contributed by atoms with Crippen LogP contribution in [0.25, 0.3) is 0 Å². The average Bonchev–Trinajstić information content (AvgIpc) is 3.36. The molecule has 0 unspecified atom stereocenters. The van der Waals surface area contributed by atoms with E-state index in [-0.39, 0.29) is 19.4 Å². The van der Waals surface area contributed by atoms with Crippen LogP contribution in [0.1, 0.15) is 39.3 Å². The van der Waals surface area contributed by atoms with Gasteiger partial charge in [-0.25, -0.2) is 4.98 Å². The molecule has 3 heterocycles. The number of anilines is 2. The van der Waals surface area contributed by atoms with Crippen LogP contribution >= 0.6 is 22.9 Å². The molecular weight excluding hydrogens is 440 g/mol. The van der Waals surface area contributed by atoms with E-state index in [1.54, 1.807) is 13.0 Å². The maximum absolute atomic E-state index is 12.8. The zero-order valence-corrected chi connectivity index (χ0v) is 19.2. The molecule has 2 aliphatic rings. The van der Waals surface area contributed by atoms with Crippen molar-refractivity contribution >= 4 is 45.7 Å². The summed E-state index contributed by atoms with van der Waals surface area (Å²) in [5.74, 6) is -0.715. The van der Waals surface area contributed by atoms with Gasteiger partial charge >= 0.3 is 11.9 Å². The molecule has 3 atom stereocenters. The van der Waals surface area contributed by atoms with Crippen LogP contribution in [0.15, 0.2) is 29.6 Å². The van der Waals surface area contributed by atoms with Crippen LogP contribution in [0.5, 0.6) is 0 Å². The van der Waals surface area contributed by atoms with E-state index in [2.05, 4.69) is 10.3 Å². The minimum absolute atomic E-state index is 0.188. The SMILES string of the molecule is CC(C)COC[C@@H]1C[C@]2(C[C@](C)(c3csc(Nc4ccccc4Cl)n3)OC2=O)C(=O)O1. The molecular formula is C22H25ClN2O5S. The summed E-state index contributed by atoms with van der Waals surface area (Å²) >= 11 is 7.58. The normalized spacial score (nSPS) is 27.7. The van der Waals surface area contributed by atoms with Gasteiger partial charge in [-0.3, -0.25) is 9.59 Å². The van der Waals surface area contributed by atoms with E-state index >= 15 is 0 Å². The zero-order chi connectivity index (χ0) is 22.2. The third kappa shape index (κ3) is 4.29. The smallest absolute Gasteiger partial charge is 0.324 e. The number of rotatable bonds is 7. The lowest BCUT2D eigenvalue weighted by Crippen LogP contribution is -2.32. The molecule has 0 saturated carbocycles. The number of benzene rings is 1. The van der Waals surface area contributed by atoms with E-state index in [4.69, 9.17) is 25.8 Å². The van der Waals surface area contributed by atoms with Gasteiger partial charge in [0.1, 0.15) is 6.10 Å². The largest absolute Gasteiger partial charge is 0.459 e. The molecule has 0 amide bonds. The first-order valence-corrected chi connectivity index (χ1v) is 11.5. The molecule has 1 N–H and O–H groups in total. The van der Waals surface area contributed by atoms with Crippen LogP contribution in [-0.4, -0.2) is 36.2 Å². The fourth-order valence-electron chi connectivity index (χ4n) is 4.00. The Bertz CT molecular complexity index is 996. The van der Waals surface area contributed by atoms with Crippen molar-refractivity contribution in [3.05, 3.63) is 40.4 Å². The van der Waals surface area contributed by atoms with Crippen molar-refractivity contribution in [2.75, 3.05) is 18.5 Å². The summed E-state index contributed by atoms with van der Waals surface area (Å²) in [4.78, 5) is 30.1. The fraction of sp³-hybridized carbons (Fsp3) is 0.500. The van der Waals surface area contributed by atoms with E-state index in [1.165, 1.54) is 11.3 Å². The standard InChI is InChI=1S/C22H25ClN2O5S/c1-13(2)9-28-10-14-8-22(18(26)29-14)12-21(3,30-19(22)27)17-11-31-20(25-17)24-16-7-5-4-6-15(16)23/h4-7,11,13-14H,8-10,12H2,1-3H3,(H,24,25)/t14-,21+,22-/m0/s1. The van der Waals surface area contributed by atoms with Gasteiger partial charge in [0.2, 0.25) is 0 Å². The van der Waals surface area contributed by atoms with Gasteiger partial charge in [0.05, 0.1) is 23.0 Å². The molecule has 4 rings (SSSR count). The molecule has 2 fully saturated rings. The number of para-hydroxylation sites is 1. The molecule has 2 aliphatic heterocycles. The second-order valence-corrected chi connectivity index (χ2v) is 9.95. The summed E-state index contributed by atoms with van der Waals surface area (Å²) in [5, 5.41) is 6.21. The van der Waals surface area contributed by atoms with E-state index in [0.717, 1.165) is 5.69 Å². The Morgan fingerprint density at radius 3 is 2.84 bits per heavy atom. The maximum atomic E-state index is 12.8. The average molecular weight is 465 g/mol. The predicted molar refractivity (Wildman–Crippen MR) is 117 cm³/mol. The summed E-state index contributed by atoms with van der Waals surface area (Å²) in [6.07, 6.45) is -0.00470. The number of carbonyl (C=O) groups is 2. The molecule has 0 bridgehead atoms. The Hall–Kier alpha value is -2.16. The molecule has 0 aliphatic carbocycles. The maximum Gasteiger partial charge on any atom is 0.324 e. The Balaban J connectivity index is 1.48. The number of cyclic esters (lactones) is 2. The second kappa shape index (κ2) is 8.41. The number of nitrogens with one attached hydrogen (secondary N) is 1. The van der Waals surface area contributed by atoms with Crippen molar-refractivity contribution in [2.45, 2.75) is 45.3 Å². The zero-order valence-electron chi connectivity index (χ0n) is 17.6. The van der Waals surface area contributed by atoms with Gasteiger partial charge in [-0.2, -0.15) is 0 Å². The number of hydrogen-bond acceptors (Lipinski definition) is 8. The number of esters is 2. The highest BCUT2D eigenvalue weighted by molar-refractivity contribution is 7.13. The summed E-state index contributed by atoms with van der Waals surface area (Å²) in [6.45, 7) is 6.72. The number of halogens is 1. The van der Waals surface area contributed by atoms with Crippen molar-refractivity contribution in [3.63, 3.8) is 0 Å². The molecule has 31 heavy (non-hydrogen) atoms. The predicted octanol–water partition coefficient (Wildman–Crippen LogP) is 4.68. The fourth-order valence-corrected chi connectivity index (χ4v) is 5.03. The quantitative estimate of drug-likeness (QED) is 0.470. The first-order chi connectivity index (χ1) is 14.7. The van der Waals surface area contributed by atoms with Gasteiger partial charge in [0.25, 0.3) is 0 Å². The lowest BCUT2D eigenvalue weighted by molar-refractivity contribution is -0.160. The van der Waals surface area contributed by atoms with Crippen LogP contribution in [0.3, 0.4) is 0 Å². The van der Waals surface area contributed by atoms with Gasteiger partial charge in [-0.15, -0.1) is 11.3 Å². The van der Waals surface area contributed by atoms with E-state index in [9.17, 15) is 9.59 Å². The Morgan fingerprint density at radius 2 is 2.10 bits per heavy atom. The van der Waals surface area contributed by atoms with Crippen LogP contribution in [0, 0.1) is 11.3 Å². The minimum atomic E-state index is -1.31. The minimum Gasteiger partial charge on any atom is -0.459 e. The number of thiazole rings is 1. The monoisotopic (exact) mass is 464 g/mol. The van der Waals surface area contributed by atoms with Gasteiger partial charge < -0.3 is 19.5 Å². The van der Waals surface area contributed by atoms with Crippen molar-refractivity contribution in [2.24, 2.45) is 11.3 Å². The highest BCUT2D eigenvalue weighted by Crippen LogP contribution is 2.52. The van der Waals surface area contributed by atoms with Crippen LogP contribution in [0.2, 0.25) is 5.02 Å². The lowest BCUT2D eigenvalue weighted by Gasteiger charge is -2.20. The third-order valence-electron chi connectivity index (χ3n) is 5.50. The van der Waals surface area contributed by atoms with Crippen LogP contribution in [0.4, 0.5) is 10.8 Å². The molecule has 1 spiro atoms. The first-order valence-electron chi connectivity index (χ1n) is 10.2. The second-order valence-electron chi connectivity index (χ2n) is 8.68. The summed E-state index contributed by atoms with van der Waals surface area (Å²) in [5.41, 5.74) is -0.996. The van der Waals surface area contributed by atoms with E-state index in [1.807, 2.05) is 37.4 Å². The summed E-state index contributed by atoms with van der Waals surface area (Å²) in [6, 6.07) is 7.36. The summed E-state index contributed by atoms with van der Waals surface area (Å²) in [7, 11) is 0. The molecule has 166 valence electrons. The molecule has 9 heteroatoms. The number of carbonyl (C=O) groups excluding carboxylic acids is 2. The molecule has 0 radical (unpaired) electrons. The topological polar surface area (TPSA) is 86.8 Å².